The van der Waals surface area contributed by atoms with Crippen LogP contribution in [-0.4, -0.2) is 84.7 Å². The molecule has 2 aromatic carbocycles. The second kappa shape index (κ2) is 15.5. The van der Waals surface area contributed by atoms with Crippen molar-refractivity contribution < 1.29 is 27.7 Å². The van der Waals surface area contributed by atoms with Crippen LogP contribution in [0.15, 0.2) is 48.6 Å². The number of anilines is 6. The third-order valence-electron chi connectivity index (χ3n) is 9.82. The minimum Gasteiger partial charge on any atom is -0.453 e. The standard InChI is InChI=1S/C39H44F2N10O4/c1-23-16-33(42-2)49-37(45-23)47-27-17-29(35-31(19-27)52-22-53-35)25-7-5-13-51(14-9-25)15-10-26-21-34(43-3)50-38(46-26)48-28-18-30(24-6-4-11-44-12-8-24)36-32(20-28)54-39(40,41)55-36/h8-9,16-21,44H,4-7,10-15,22H2,1-3H3,(H2,42,45,47,49)(H2,43,46,48,50). The van der Waals surface area contributed by atoms with Crippen molar-refractivity contribution in [3.8, 4) is 23.0 Å². The third kappa shape index (κ3) is 8.34. The molecule has 0 aliphatic carbocycles. The molecule has 8 rings (SSSR count). The maximum Gasteiger partial charge on any atom is 0.586 e. The Hall–Kier alpha value is -5.74. The lowest BCUT2D eigenvalue weighted by molar-refractivity contribution is -0.286. The number of hydrogen-bond donors (Lipinski definition) is 5. The molecule has 16 heteroatoms. The van der Waals surface area contributed by atoms with Crippen molar-refractivity contribution in [2.75, 3.05) is 74.9 Å². The van der Waals surface area contributed by atoms with Gasteiger partial charge in [-0.15, -0.1) is 8.78 Å². The Labute approximate surface area is 317 Å². The largest absolute Gasteiger partial charge is 0.586 e. The maximum atomic E-state index is 14.3. The quantitative estimate of drug-likeness (QED) is 0.111. The zero-order valence-electron chi connectivity index (χ0n) is 31.0. The molecule has 0 saturated carbocycles. The highest BCUT2D eigenvalue weighted by molar-refractivity contribution is 5.80. The molecule has 6 heterocycles. The molecule has 0 amide bonds. The van der Waals surface area contributed by atoms with Crippen molar-refractivity contribution in [2.24, 2.45) is 0 Å². The van der Waals surface area contributed by atoms with E-state index in [0.29, 0.717) is 47.7 Å². The van der Waals surface area contributed by atoms with E-state index in [4.69, 9.17) is 23.9 Å². The molecule has 0 saturated heterocycles. The van der Waals surface area contributed by atoms with E-state index in [9.17, 15) is 8.78 Å². The topological polar surface area (TPSA) is 152 Å². The molecule has 2 aromatic heterocycles. The van der Waals surface area contributed by atoms with Gasteiger partial charge in [-0.1, -0.05) is 12.2 Å². The van der Waals surface area contributed by atoms with Gasteiger partial charge in [0.15, 0.2) is 23.0 Å². The van der Waals surface area contributed by atoms with Gasteiger partial charge >= 0.3 is 6.29 Å². The molecule has 0 radical (unpaired) electrons. The number of allylic oxidation sites excluding steroid dienone is 2. The van der Waals surface area contributed by atoms with Gasteiger partial charge in [0, 0.05) is 98.3 Å². The number of hydrogen-bond acceptors (Lipinski definition) is 14. The van der Waals surface area contributed by atoms with E-state index in [2.05, 4.69) is 58.6 Å². The fraction of sp³-hybridized carbons (Fsp3) is 0.385. The number of fused-ring (bicyclic) bond motifs is 2. The van der Waals surface area contributed by atoms with Crippen LogP contribution in [0, 0.1) is 6.92 Å². The lowest BCUT2D eigenvalue weighted by Crippen LogP contribution is -2.27. The summed E-state index contributed by atoms with van der Waals surface area (Å²) in [5, 5.41) is 16.1. The van der Waals surface area contributed by atoms with E-state index < -0.39 is 6.29 Å². The Morgan fingerprint density at radius 2 is 1.49 bits per heavy atom. The number of aryl methyl sites for hydroxylation is 1. The minimum absolute atomic E-state index is 0.0304. The van der Waals surface area contributed by atoms with Crippen LogP contribution < -0.4 is 45.5 Å². The number of alkyl halides is 2. The number of nitrogens with zero attached hydrogens (tertiary/aromatic N) is 5. The van der Waals surface area contributed by atoms with Gasteiger partial charge in [0.05, 0.1) is 0 Å². The van der Waals surface area contributed by atoms with E-state index in [1.165, 1.54) is 11.6 Å². The van der Waals surface area contributed by atoms with E-state index in [1.807, 2.05) is 38.2 Å². The monoisotopic (exact) mass is 754 g/mol. The van der Waals surface area contributed by atoms with Crippen LogP contribution in [0.2, 0.25) is 0 Å². The van der Waals surface area contributed by atoms with E-state index in [1.54, 1.807) is 13.1 Å². The summed E-state index contributed by atoms with van der Waals surface area (Å²) < 4.78 is 50.1. The van der Waals surface area contributed by atoms with Gasteiger partial charge in [0.25, 0.3) is 0 Å². The van der Waals surface area contributed by atoms with Crippen molar-refractivity contribution in [2.45, 2.75) is 45.3 Å². The second-order valence-electron chi connectivity index (χ2n) is 13.7. The molecule has 4 aromatic rings. The molecule has 14 nitrogen and oxygen atoms in total. The Balaban J connectivity index is 0.977. The number of rotatable bonds is 11. The van der Waals surface area contributed by atoms with Crippen LogP contribution in [0.3, 0.4) is 0 Å². The molecule has 0 bridgehead atoms. The molecular weight excluding hydrogens is 710 g/mol. The smallest absolute Gasteiger partial charge is 0.453 e. The summed E-state index contributed by atoms with van der Waals surface area (Å²) >= 11 is 0. The van der Waals surface area contributed by atoms with Gasteiger partial charge in [-0.2, -0.15) is 9.97 Å². The summed E-state index contributed by atoms with van der Waals surface area (Å²) in [4.78, 5) is 20.9. The van der Waals surface area contributed by atoms with Crippen LogP contribution in [0.25, 0.3) is 11.1 Å². The second-order valence-corrected chi connectivity index (χ2v) is 13.7. The lowest BCUT2D eigenvalue weighted by atomic mass is 9.99. The van der Waals surface area contributed by atoms with Gasteiger partial charge < -0.3 is 45.5 Å². The fourth-order valence-electron chi connectivity index (χ4n) is 7.20. The highest BCUT2D eigenvalue weighted by Crippen LogP contribution is 2.48. The van der Waals surface area contributed by atoms with Crippen molar-refractivity contribution in [1.82, 2.24) is 30.2 Å². The number of ether oxygens (including phenoxy) is 4. The van der Waals surface area contributed by atoms with Crippen LogP contribution in [0.4, 0.5) is 43.7 Å². The molecule has 0 fully saturated rings. The molecular formula is C39H44F2N10O4. The predicted octanol–water partition coefficient (Wildman–Crippen LogP) is 6.68. The Bertz CT molecular complexity index is 2150. The molecule has 4 aliphatic rings. The number of halogens is 2. The summed E-state index contributed by atoms with van der Waals surface area (Å²) in [7, 11) is 3.63. The highest BCUT2D eigenvalue weighted by atomic mass is 19.3. The molecule has 55 heavy (non-hydrogen) atoms. The van der Waals surface area contributed by atoms with E-state index >= 15 is 0 Å². The van der Waals surface area contributed by atoms with Crippen molar-refractivity contribution in [1.29, 1.82) is 0 Å². The van der Waals surface area contributed by atoms with Crippen LogP contribution in [0.1, 0.15) is 48.2 Å². The first-order valence-electron chi connectivity index (χ1n) is 18.5. The molecule has 0 spiro atoms. The molecule has 5 N–H and O–H groups in total. The molecule has 0 atom stereocenters. The first kappa shape index (κ1) is 36.2. The summed E-state index contributed by atoms with van der Waals surface area (Å²) in [5.74, 6) is 3.65. The summed E-state index contributed by atoms with van der Waals surface area (Å²) in [6.07, 6.45) is 4.64. The first-order chi connectivity index (χ1) is 26.7. The van der Waals surface area contributed by atoms with Gasteiger partial charge in [0.2, 0.25) is 18.7 Å². The Kier molecular flexibility index (Phi) is 10.2. The maximum absolute atomic E-state index is 14.3. The minimum atomic E-state index is -3.74. The first-order valence-corrected chi connectivity index (χ1v) is 18.5. The van der Waals surface area contributed by atoms with E-state index in [0.717, 1.165) is 91.6 Å². The Morgan fingerprint density at radius 1 is 0.782 bits per heavy atom. The van der Waals surface area contributed by atoms with Crippen LogP contribution in [-0.2, 0) is 6.42 Å². The van der Waals surface area contributed by atoms with Crippen LogP contribution in [0.5, 0.6) is 23.0 Å². The highest BCUT2D eigenvalue weighted by Gasteiger charge is 2.45. The van der Waals surface area contributed by atoms with Crippen molar-refractivity contribution in [3.63, 3.8) is 0 Å². The van der Waals surface area contributed by atoms with Gasteiger partial charge in [-0.05, 0) is 69.0 Å². The molecule has 0 unspecified atom stereocenters. The average Bonchev–Trinajstić information content (AvgIpc) is 3.53. The summed E-state index contributed by atoms with van der Waals surface area (Å²) in [6, 6.07) is 11.1. The third-order valence-corrected chi connectivity index (χ3v) is 9.82. The zero-order valence-corrected chi connectivity index (χ0v) is 31.0. The van der Waals surface area contributed by atoms with Crippen LogP contribution >= 0.6 is 0 Å². The molecule has 4 aliphatic heterocycles. The van der Waals surface area contributed by atoms with Gasteiger partial charge in [0.1, 0.15) is 11.6 Å². The van der Waals surface area contributed by atoms with Gasteiger partial charge in [-0.3, -0.25) is 4.90 Å². The number of benzene rings is 2. The van der Waals surface area contributed by atoms with Gasteiger partial charge in [-0.25, -0.2) is 9.97 Å². The summed E-state index contributed by atoms with van der Waals surface area (Å²) in [5.41, 5.74) is 6.69. The fourth-order valence-corrected chi connectivity index (χ4v) is 7.20. The SMILES string of the molecule is CNc1cc(C)nc(Nc2cc3c(c(C4=CCN(CCc5cc(NC)nc(Nc6cc7c(c(C8=CCNCCC8)c6)OC(F)(F)O7)n5)CCC4)c2)OCO3)n1. The zero-order chi connectivity index (χ0) is 37.9. The lowest BCUT2D eigenvalue weighted by Gasteiger charge is -2.19. The average molecular weight is 755 g/mol. The summed E-state index contributed by atoms with van der Waals surface area (Å²) in [6.45, 7) is 6.01. The number of aromatic nitrogens is 4. The van der Waals surface area contributed by atoms with Crippen molar-refractivity contribution >= 4 is 46.1 Å². The predicted molar refractivity (Wildman–Crippen MR) is 207 cm³/mol. The van der Waals surface area contributed by atoms with Crippen molar-refractivity contribution in [3.05, 3.63) is 71.1 Å². The molecule has 288 valence electrons. The van der Waals surface area contributed by atoms with E-state index in [-0.39, 0.29) is 18.3 Å². The number of nitrogens with one attached hydrogen (secondary N) is 5. The normalized spacial score (nSPS) is 17.5. The Morgan fingerprint density at radius 3 is 2.29 bits per heavy atom.